The molecule has 2 aromatic rings. The van der Waals surface area contributed by atoms with Gasteiger partial charge in [0.15, 0.2) is 0 Å². The molecule has 0 saturated carbocycles. The number of benzene rings is 1. The summed E-state index contributed by atoms with van der Waals surface area (Å²) in [5.74, 6) is -0.402. The molecule has 0 bridgehead atoms. The van der Waals surface area contributed by atoms with Crippen molar-refractivity contribution in [3.05, 3.63) is 52.7 Å². The highest BCUT2D eigenvalue weighted by atomic mass is 16.4. The summed E-state index contributed by atoms with van der Waals surface area (Å²) >= 11 is 0. The van der Waals surface area contributed by atoms with Crippen molar-refractivity contribution in [3.8, 4) is 0 Å². The lowest BCUT2D eigenvalue weighted by Gasteiger charge is -2.21. The summed E-state index contributed by atoms with van der Waals surface area (Å²) in [5.41, 5.74) is 4.48. The Hall–Kier alpha value is -2.36. The molecule has 1 aliphatic carbocycles. The first kappa shape index (κ1) is 13.6. The lowest BCUT2D eigenvalue weighted by molar-refractivity contribution is 0.0697. The number of pyridine rings is 1. The molecule has 4 heteroatoms. The second kappa shape index (κ2) is 5.20. The van der Waals surface area contributed by atoms with Crippen LogP contribution in [0.1, 0.15) is 33.6 Å². The van der Waals surface area contributed by atoms with Crippen LogP contribution in [-0.2, 0) is 12.8 Å². The molecule has 0 amide bonds. The molecule has 0 unspecified atom stereocenters. The molecular weight excluding hydrogens is 264 g/mol. The van der Waals surface area contributed by atoms with Crippen molar-refractivity contribution in [2.75, 3.05) is 11.9 Å². The molecule has 1 heterocycles. The van der Waals surface area contributed by atoms with Gasteiger partial charge in [-0.3, -0.25) is 0 Å². The van der Waals surface area contributed by atoms with E-state index in [0.29, 0.717) is 5.82 Å². The van der Waals surface area contributed by atoms with Gasteiger partial charge >= 0.3 is 5.97 Å². The maximum absolute atomic E-state index is 11.6. The smallest absolute Gasteiger partial charge is 0.339 e. The molecule has 1 aliphatic rings. The number of aryl methyl sites for hydroxylation is 3. The van der Waals surface area contributed by atoms with Gasteiger partial charge in [0.25, 0.3) is 0 Å². The lowest BCUT2D eigenvalue weighted by atomic mass is 10.1. The molecular formula is C17H18N2O2. The Balaban J connectivity index is 2.10. The van der Waals surface area contributed by atoms with Gasteiger partial charge in [-0.2, -0.15) is 0 Å². The van der Waals surface area contributed by atoms with Crippen molar-refractivity contribution in [1.29, 1.82) is 0 Å². The number of nitrogens with zero attached hydrogens (tertiary/aromatic N) is 2. The van der Waals surface area contributed by atoms with Crippen LogP contribution in [0, 0.1) is 6.92 Å². The highest BCUT2D eigenvalue weighted by Crippen LogP contribution is 2.30. The fourth-order valence-corrected chi connectivity index (χ4v) is 2.83. The molecule has 1 aromatic heterocycles. The molecule has 108 valence electrons. The van der Waals surface area contributed by atoms with E-state index in [0.717, 1.165) is 41.8 Å². The van der Waals surface area contributed by atoms with Crippen LogP contribution in [0.2, 0.25) is 0 Å². The number of fused-ring (bicyclic) bond motifs is 1. The summed E-state index contributed by atoms with van der Waals surface area (Å²) in [6.45, 7) is 2.02. The van der Waals surface area contributed by atoms with Crippen molar-refractivity contribution in [1.82, 2.24) is 4.98 Å². The third-order valence-electron chi connectivity index (χ3n) is 3.97. The van der Waals surface area contributed by atoms with E-state index in [2.05, 4.69) is 4.98 Å². The molecule has 0 radical (unpaired) electrons. The minimum Gasteiger partial charge on any atom is -0.478 e. The summed E-state index contributed by atoms with van der Waals surface area (Å²) in [5, 5.41) is 9.48. The van der Waals surface area contributed by atoms with Crippen molar-refractivity contribution >= 4 is 17.5 Å². The fraction of sp³-hybridized carbons (Fsp3) is 0.294. The molecule has 21 heavy (non-hydrogen) atoms. The van der Waals surface area contributed by atoms with Gasteiger partial charge < -0.3 is 10.0 Å². The standard InChI is InChI=1S/C17H18N2O2/c1-11-5-3-7-13(9-11)19(2)16-14(17(20)21)10-12-6-4-8-15(12)18-16/h3,5,7,9-10H,4,6,8H2,1-2H3,(H,20,21). The van der Waals surface area contributed by atoms with E-state index in [1.807, 2.05) is 43.1 Å². The van der Waals surface area contributed by atoms with Crippen molar-refractivity contribution in [3.63, 3.8) is 0 Å². The summed E-state index contributed by atoms with van der Waals surface area (Å²) in [6, 6.07) is 9.77. The predicted molar refractivity (Wildman–Crippen MR) is 82.5 cm³/mol. The number of aromatic nitrogens is 1. The number of carbonyl (C=O) groups is 1. The van der Waals surface area contributed by atoms with Crippen LogP contribution in [0.3, 0.4) is 0 Å². The third-order valence-corrected chi connectivity index (χ3v) is 3.97. The minimum absolute atomic E-state index is 0.277. The molecule has 0 fully saturated rings. The molecule has 0 spiro atoms. The molecule has 1 aromatic carbocycles. The van der Waals surface area contributed by atoms with Crippen molar-refractivity contribution < 1.29 is 9.90 Å². The first-order valence-corrected chi connectivity index (χ1v) is 7.13. The van der Waals surface area contributed by atoms with E-state index in [1.165, 1.54) is 0 Å². The predicted octanol–water partition coefficient (Wildman–Crippen LogP) is 3.34. The van der Waals surface area contributed by atoms with Gasteiger partial charge in [0, 0.05) is 18.4 Å². The fourth-order valence-electron chi connectivity index (χ4n) is 2.83. The van der Waals surface area contributed by atoms with Crippen LogP contribution in [0.15, 0.2) is 30.3 Å². The Morgan fingerprint density at radius 1 is 1.29 bits per heavy atom. The van der Waals surface area contributed by atoms with Crippen molar-refractivity contribution in [2.45, 2.75) is 26.2 Å². The Morgan fingerprint density at radius 2 is 2.10 bits per heavy atom. The second-order valence-corrected chi connectivity index (χ2v) is 5.52. The van der Waals surface area contributed by atoms with Crippen LogP contribution < -0.4 is 4.90 Å². The number of carboxylic acids is 1. The summed E-state index contributed by atoms with van der Waals surface area (Å²) in [7, 11) is 1.87. The maximum Gasteiger partial charge on any atom is 0.339 e. The SMILES string of the molecule is Cc1cccc(N(C)c2nc3c(cc2C(=O)O)CCC3)c1. The number of aromatic carboxylic acids is 1. The van der Waals surface area contributed by atoms with Gasteiger partial charge in [-0.25, -0.2) is 9.78 Å². The lowest BCUT2D eigenvalue weighted by Crippen LogP contribution is -2.17. The molecule has 0 saturated heterocycles. The quantitative estimate of drug-likeness (QED) is 0.938. The van der Waals surface area contributed by atoms with Crippen LogP contribution in [-0.4, -0.2) is 23.1 Å². The topological polar surface area (TPSA) is 53.4 Å². The number of hydrogen-bond acceptors (Lipinski definition) is 3. The average Bonchev–Trinajstić information content (AvgIpc) is 2.92. The van der Waals surface area contributed by atoms with E-state index in [1.54, 1.807) is 6.07 Å². The minimum atomic E-state index is -0.924. The van der Waals surface area contributed by atoms with E-state index in [9.17, 15) is 9.90 Å². The van der Waals surface area contributed by atoms with Gasteiger partial charge in [0.05, 0.1) is 0 Å². The van der Waals surface area contributed by atoms with Crippen LogP contribution >= 0.6 is 0 Å². The summed E-state index contributed by atoms with van der Waals surface area (Å²) in [4.78, 5) is 18.0. The number of anilines is 2. The van der Waals surface area contributed by atoms with Crippen LogP contribution in [0.4, 0.5) is 11.5 Å². The maximum atomic E-state index is 11.6. The largest absolute Gasteiger partial charge is 0.478 e. The molecule has 0 atom stereocenters. The monoisotopic (exact) mass is 282 g/mol. The zero-order chi connectivity index (χ0) is 15.0. The van der Waals surface area contributed by atoms with E-state index in [-0.39, 0.29) is 5.56 Å². The van der Waals surface area contributed by atoms with Gasteiger partial charge in [-0.15, -0.1) is 0 Å². The van der Waals surface area contributed by atoms with Crippen molar-refractivity contribution in [2.24, 2.45) is 0 Å². The first-order chi connectivity index (χ1) is 10.1. The zero-order valence-electron chi connectivity index (χ0n) is 12.3. The Bertz CT molecular complexity index is 710. The van der Waals surface area contributed by atoms with Gasteiger partial charge in [-0.05, 0) is 55.5 Å². The van der Waals surface area contributed by atoms with Gasteiger partial charge in [0.1, 0.15) is 11.4 Å². The van der Waals surface area contributed by atoms with Crippen LogP contribution in [0.25, 0.3) is 0 Å². The van der Waals surface area contributed by atoms with Crippen LogP contribution in [0.5, 0.6) is 0 Å². The average molecular weight is 282 g/mol. The number of hydrogen-bond donors (Lipinski definition) is 1. The first-order valence-electron chi connectivity index (χ1n) is 7.13. The summed E-state index contributed by atoms with van der Waals surface area (Å²) < 4.78 is 0. The Labute approximate surface area is 124 Å². The normalized spacial score (nSPS) is 13.0. The second-order valence-electron chi connectivity index (χ2n) is 5.52. The van der Waals surface area contributed by atoms with E-state index >= 15 is 0 Å². The highest BCUT2D eigenvalue weighted by Gasteiger charge is 2.22. The number of rotatable bonds is 3. The van der Waals surface area contributed by atoms with E-state index < -0.39 is 5.97 Å². The highest BCUT2D eigenvalue weighted by molar-refractivity contribution is 5.94. The third kappa shape index (κ3) is 2.49. The van der Waals surface area contributed by atoms with Gasteiger partial charge in [0.2, 0.25) is 0 Å². The molecule has 4 nitrogen and oxygen atoms in total. The molecule has 3 rings (SSSR count). The molecule has 1 N–H and O–H groups in total. The Kier molecular flexibility index (Phi) is 3.37. The van der Waals surface area contributed by atoms with Gasteiger partial charge in [-0.1, -0.05) is 12.1 Å². The Morgan fingerprint density at radius 3 is 2.81 bits per heavy atom. The van der Waals surface area contributed by atoms with E-state index in [4.69, 9.17) is 0 Å². The summed E-state index contributed by atoms with van der Waals surface area (Å²) in [6.07, 6.45) is 2.92. The molecule has 0 aliphatic heterocycles. The zero-order valence-corrected chi connectivity index (χ0v) is 12.3. The number of carboxylic acid groups (broad SMARTS) is 1.